The maximum atomic E-state index is 13.1. The molecule has 4 heteroatoms. The average Bonchev–Trinajstić information content (AvgIpc) is 2.91. The van der Waals surface area contributed by atoms with Crippen molar-refractivity contribution in [3.63, 3.8) is 0 Å². The van der Waals surface area contributed by atoms with Gasteiger partial charge in [0, 0.05) is 57.9 Å². The van der Waals surface area contributed by atoms with E-state index in [4.69, 9.17) is 0 Å². The highest BCUT2D eigenvalue weighted by atomic mass is 16.2. The van der Waals surface area contributed by atoms with Gasteiger partial charge in [-0.25, -0.2) is 0 Å². The molecule has 0 saturated carbocycles. The molecule has 2 aliphatic rings. The van der Waals surface area contributed by atoms with Crippen molar-refractivity contribution in [1.29, 1.82) is 0 Å². The highest BCUT2D eigenvalue weighted by molar-refractivity contribution is 5.94. The molecule has 35 heavy (non-hydrogen) atoms. The second-order valence-electron chi connectivity index (χ2n) is 10.2. The van der Waals surface area contributed by atoms with Gasteiger partial charge in [0.05, 0.1) is 0 Å². The molecular formula is C31H37N3O. The normalized spacial score (nSPS) is 18.0. The largest absolute Gasteiger partial charge is 0.339 e. The summed E-state index contributed by atoms with van der Waals surface area (Å²) in [6, 6.07) is 29.8. The van der Waals surface area contributed by atoms with Gasteiger partial charge >= 0.3 is 0 Å². The van der Waals surface area contributed by atoms with Gasteiger partial charge in [-0.05, 0) is 54.0 Å². The van der Waals surface area contributed by atoms with E-state index >= 15 is 0 Å². The lowest BCUT2D eigenvalue weighted by Gasteiger charge is -2.34. The van der Waals surface area contributed by atoms with Crippen LogP contribution in [0.3, 0.4) is 0 Å². The second kappa shape index (κ2) is 11.7. The van der Waals surface area contributed by atoms with Crippen LogP contribution in [0.1, 0.15) is 39.9 Å². The van der Waals surface area contributed by atoms with Gasteiger partial charge in [-0.1, -0.05) is 72.8 Å². The third-order valence-corrected chi connectivity index (χ3v) is 7.59. The van der Waals surface area contributed by atoms with E-state index in [1.54, 1.807) is 0 Å². The third kappa shape index (κ3) is 6.59. The molecule has 0 aromatic heterocycles. The first-order valence-corrected chi connectivity index (χ1v) is 13.1. The fourth-order valence-electron chi connectivity index (χ4n) is 5.43. The summed E-state index contributed by atoms with van der Waals surface area (Å²) < 4.78 is 0. The smallest absolute Gasteiger partial charge is 0.253 e. The van der Waals surface area contributed by atoms with Crippen LogP contribution in [0.2, 0.25) is 0 Å². The maximum absolute atomic E-state index is 13.1. The molecule has 0 radical (unpaired) electrons. The number of benzene rings is 3. The number of piperidine rings is 1. The van der Waals surface area contributed by atoms with Crippen molar-refractivity contribution in [2.45, 2.75) is 32.4 Å². The van der Waals surface area contributed by atoms with Gasteiger partial charge in [-0.3, -0.25) is 14.6 Å². The summed E-state index contributed by atoms with van der Waals surface area (Å²) in [5, 5.41) is 0. The van der Waals surface area contributed by atoms with Gasteiger partial charge in [0.2, 0.25) is 0 Å². The molecule has 0 N–H and O–H groups in total. The number of nitrogens with zero attached hydrogens (tertiary/aromatic N) is 3. The fourth-order valence-corrected chi connectivity index (χ4v) is 5.43. The lowest BCUT2D eigenvalue weighted by molar-refractivity contribution is 0.0690. The predicted octanol–water partition coefficient (Wildman–Crippen LogP) is 5.10. The minimum absolute atomic E-state index is 0.184. The molecule has 2 aliphatic heterocycles. The molecule has 2 saturated heterocycles. The van der Waals surface area contributed by atoms with Crippen molar-refractivity contribution in [2.24, 2.45) is 5.92 Å². The molecule has 0 unspecified atom stereocenters. The zero-order chi connectivity index (χ0) is 23.9. The average molecular weight is 468 g/mol. The van der Waals surface area contributed by atoms with Crippen LogP contribution in [0.15, 0.2) is 84.9 Å². The number of amides is 1. The van der Waals surface area contributed by atoms with E-state index in [1.165, 1.54) is 16.7 Å². The van der Waals surface area contributed by atoms with Crippen LogP contribution < -0.4 is 0 Å². The molecule has 0 aliphatic carbocycles. The first kappa shape index (κ1) is 23.8. The first-order valence-electron chi connectivity index (χ1n) is 13.1. The van der Waals surface area contributed by atoms with Crippen molar-refractivity contribution >= 4 is 5.91 Å². The van der Waals surface area contributed by atoms with Crippen molar-refractivity contribution in [3.8, 4) is 0 Å². The minimum Gasteiger partial charge on any atom is -0.339 e. The molecule has 182 valence electrons. The number of hydrogen-bond donors (Lipinski definition) is 0. The summed E-state index contributed by atoms with van der Waals surface area (Å²) >= 11 is 0. The van der Waals surface area contributed by atoms with Crippen LogP contribution in [0.5, 0.6) is 0 Å². The quantitative estimate of drug-likeness (QED) is 0.484. The molecule has 4 nitrogen and oxygen atoms in total. The maximum Gasteiger partial charge on any atom is 0.253 e. The van der Waals surface area contributed by atoms with Crippen LogP contribution in [0, 0.1) is 5.92 Å². The summed E-state index contributed by atoms with van der Waals surface area (Å²) in [5.74, 6) is 0.862. The Bertz CT molecular complexity index is 1050. The second-order valence-corrected chi connectivity index (χ2v) is 10.2. The van der Waals surface area contributed by atoms with E-state index in [2.05, 4.69) is 82.6 Å². The van der Waals surface area contributed by atoms with E-state index in [1.807, 2.05) is 17.0 Å². The van der Waals surface area contributed by atoms with Crippen molar-refractivity contribution in [2.75, 3.05) is 39.3 Å². The summed E-state index contributed by atoms with van der Waals surface area (Å²) in [6.07, 6.45) is 3.31. The number of likely N-dealkylation sites (tertiary alicyclic amines) is 1. The van der Waals surface area contributed by atoms with Crippen molar-refractivity contribution in [3.05, 3.63) is 107 Å². The van der Waals surface area contributed by atoms with Crippen LogP contribution in [0.4, 0.5) is 0 Å². The number of carbonyl (C=O) groups excluding carboxylic acids is 1. The first-order chi connectivity index (χ1) is 17.2. The van der Waals surface area contributed by atoms with Gasteiger partial charge in [0.25, 0.3) is 5.91 Å². The predicted molar refractivity (Wildman–Crippen MR) is 142 cm³/mol. The SMILES string of the molecule is O=C(c1ccc(CN2CCN(Cc3ccccc3)CC2)cc1)N1CCC(Cc2ccccc2)CC1. The Morgan fingerprint density at radius 2 is 1.09 bits per heavy atom. The Morgan fingerprint density at radius 1 is 0.600 bits per heavy atom. The summed E-state index contributed by atoms with van der Waals surface area (Å²) in [7, 11) is 0. The standard InChI is InChI=1S/C31H37N3O/c35-31(34-17-15-27(16-18-34)23-26-7-3-1-4-8-26)30-13-11-29(12-14-30)25-33-21-19-32(20-22-33)24-28-9-5-2-6-10-28/h1-14,27H,15-25H2. The number of rotatable bonds is 7. The number of hydrogen-bond acceptors (Lipinski definition) is 3. The topological polar surface area (TPSA) is 26.8 Å². The van der Waals surface area contributed by atoms with Crippen LogP contribution in [0.25, 0.3) is 0 Å². The van der Waals surface area contributed by atoms with Gasteiger partial charge in [-0.2, -0.15) is 0 Å². The molecule has 0 bridgehead atoms. The monoisotopic (exact) mass is 467 g/mol. The van der Waals surface area contributed by atoms with Crippen molar-refractivity contribution in [1.82, 2.24) is 14.7 Å². The molecular weight excluding hydrogens is 430 g/mol. The molecule has 2 heterocycles. The van der Waals surface area contributed by atoms with E-state index in [0.29, 0.717) is 5.92 Å². The van der Waals surface area contributed by atoms with Gasteiger partial charge in [0.1, 0.15) is 0 Å². The van der Waals surface area contributed by atoms with Crippen LogP contribution in [-0.4, -0.2) is 59.9 Å². The molecule has 3 aromatic rings. The fraction of sp³-hybridized carbons (Fsp3) is 0.387. The van der Waals surface area contributed by atoms with E-state index in [9.17, 15) is 4.79 Å². The van der Waals surface area contributed by atoms with E-state index < -0.39 is 0 Å². The van der Waals surface area contributed by atoms with E-state index in [0.717, 1.165) is 77.2 Å². The molecule has 0 atom stereocenters. The number of piperazine rings is 1. The highest BCUT2D eigenvalue weighted by Crippen LogP contribution is 2.23. The summed E-state index contributed by atoms with van der Waals surface area (Å²) in [5.41, 5.74) is 4.91. The van der Waals surface area contributed by atoms with Gasteiger partial charge in [0.15, 0.2) is 0 Å². The third-order valence-electron chi connectivity index (χ3n) is 7.59. The lowest BCUT2D eigenvalue weighted by Crippen LogP contribution is -2.45. The molecule has 2 fully saturated rings. The molecule has 0 spiro atoms. The molecule has 5 rings (SSSR count). The Balaban J connectivity index is 1.06. The zero-order valence-corrected chi connectivity index (χ0v) is 20.7. The van der Waals surface area contributed by atoms with Crippen LogP contribution >= 0.6 is 0 Å². The molecule has 3 aromatic carbocycles. The summed E-state index contributed by atoms with van der Waals surface area (Å²) in [4.78, 5) is 20.2. The Hall–Kier alpha value is -2.95. The highest BCUT2D eigenvalue weighted by Gasteiger charge is 2.24. The van der Waals surface area contributed by atoms with Crippen molar-refractivity contribution < 1.29 is 4.79 Å². The number of carbonyl (C=O) groups is 1. The van der Waals surface area contributed by atoms with E-state index in [-0.39, 0.29) is 5.91 Å². The Kier molecular flexibility index (Phi) is 7.92. The summed E-state index contributed by atoms with van der Waals surface area (Å²) in [6.45, 7) is 8.11. The Morgan fingerprint density at radius 3 is 1.63 bits per heavy atom. The van der Waals surface area contributed by atoms with Gasteiger partial charge < -0.3 is 4.90 Å². The zero-order valence-electron chi connectivity index (χ0n) is 20.7. The lowest BCUT2D eigenvalue weighted by atomic mass is 9.90. The Labute approximate surface area is 210 Å². The van der Waals surface area contributed by atoms with Gasteiger partial charge in [-0.15, -0.1) is 0 Å². The van der Waals surface area contributed by atoms with Crippen LogP contribution in [-0.2, 0) is 19.5 Å². The minimum atomic E-state index is 0.184. The molecule has 1 amide bonds.